The van der Waals surface area contributed by atoms with Crippen LogP contribution >= 0.6 is 27.5 Å². The highest BCUT2D eigenvalue weighted by Crippen LogP contribution is 2.29. The number of fused-ring (bicyclic) bond motifs is 1. The molecule has 2 aromatic rings. The van der Waals surface area contributed by atoms with Gasteiger partial charge >= 0.3 is 0 Å². The van der Waals surface area contributed by atoms with Gasteiger partial charge in [0, 0.05) is 16.5 Å². The average Bonchev–Trinajstić information content (AvgIpc) is 2.89. The molecule has 2 nitrogen and oxygen atoms in total. The molecule has 0 amide bonds. The summed E-state index contributed by atoms with van der Waals surface area (Å²) < 4.78 is 19.7. The molecule has 0 atom stereocenters. The maximum Gasteiger partial charge on any atom is 0.196 e. The van der Waals surface area contributed by atoms with Crippen molar-refractivity contribution in [3.05, 3.63) is 62.3 Å². The Labute approximate surface area is 128 Å². The van der Waals surface area contributed by atoms with Crippen molar-refractivity contribution >= 4 is 33.3 Å². The van der Waals surface area contributed by atoms with E-state index < -0.39 is 5.82 Å². The Morgan fingerprint density at radius 2 is 2.10 bits per heavy atom. The van der Waals surface area contributed by atoms with Crippen molar-refractivity contribution in [3.63, 3.8) is 0 Å². The third-order valence-corrected chi connectivity index (χ3v) is 4.40. The summed E-state index contributed by atoms with van der Waals surface area (Å²) >= 11 is 9.05. The highest BCUT2D eigenvalue weighted by Gasteiger charge is 2.19. The molecule has 0 spiro atoms. The lowest BCUT2D eigenvalue weighted by Crippen LogP contribution is -2.05. The van der Waals surface area contributed by atoms with Crippen LogP contribution in [0.1, 0.15) is 21.5 Å². The molecule has 0 N–H and O–H groups in total. The molecule has 0 fully saturated rings. The summed E-state index contributed by atoms with van der Waals surface area (Å²) in [5.74, 6) is -0.189. The molecule has 3 rings (SSSR count). The third-order valence-electron chi connectivity index (χ3n) is 3.21. The van der Waals surface area contributed by atoms with Crippen LogP contribution in [0.15, 0.2) is 34.8 Å². The average molecular weight is 356 g/mol. The van der Waals surface area contributed by atoms with Gasteiger partial charge in [0.05, 0.1) is 17.2 Å². The van der Waals surface area contributed by atoms with Crippen molar-refractivity contribution in [2.24, 2.45) is 0 Å². The number of halogens is 3. The van der Waals surface area contributed by atoms with Gasteiger partial charge in [-0.3, -0.25) is 4.79 Å². The molecule has 0 aliphatic carbocycles. The molecule has 1 aliphatic heterocycles. The number of hydrogen-bond acceptors (Lipinski definition) is 2. The fourth-order valence-corrected chi connectivity index (χ4v) is 2.66. The van der Waals surface area contributed by atoms with E-state index in [4.69, 9.17) is 16.3 Å². The second kappa shape index (κ2) is 5.19. The minimum Gasteiger partial charge on any atom is -0.493 e. The summed E-state index contributed by atoms with van der Waals surface area (Å²) in [6.45, 7) is 0.617. The van der Waals surface area contributed by atoms with Gasteiger partial charge in [-0.1, -0.05) is 11.6 Å². The Hall–Kier alpha value is -1.39. The number of ketones is 1. The second-order valence-corrected chi connectivity index (χ2v) is 5.76. The van der Waals surface area contributed by atoms with E-state index in [2.05, 4.69) is 15.9 Å². The van der Waals surface area contributed by atoms with Gasteiger partial charge in [-0.2, -0.15) is 0 Å². The van der Waals surface area contributed by atoms with Gasteiger partial charge in [0.25, 0.3) is 0 Å². The lowest BCUT2D eigenvalue weighted by atomic mass is 10.00. The molecule has 20 heavy (non-hydrogen) atoms. The number of hydrogen-bond donors (Lipinski definition) is 0. The molecule has 102 valence electrons. The molecule has 0 unspecified atom stereocenters. The Bertz CT molecular complexity index is 715. The first-order valence-corrected chi connectivity index (χ1v) is 7.18. The maximum absolute atomic E-state index is 13.9. The van der Waals surface area contributed by atoms with Gasteiger partial charge < -0.3 is 4.74 Å². The van der Waals surface area contributed by atoms with E-state index >= 15 is 0 Å². The topological polar surface area (TPSA) is 26.3 Å². The Balaban J connectivity index is 2.03. The van der Waals surface area contributed by atoms with Crippen LogP contribution in [-0.2, 0) is 6.42 Å². The SMILES string of the molecule is O=C(c1ccc2c(c1)CCO2)c1cc(Cl)c(Br)cc1F. The van der Waals surface area contributed by atoms with Crippen molar-refractivity contribution in [1.82, 2.24) is 0 Å². The lowest BCUT2D eigenvalue weighted by Gasteiger charge is -2.06. The molecule has 0 saturated heterocycles. The first-order chi connectivity index (χ1) is 9.56. The van der Waals surface area contributed by atoms with E-state index in [9.17, 15) is 9.18 Å². The highest BCUT2D eigenvalue weighted by molar-refractivity contribution is 9.10. The van der Waals surface area contributed by atoms with Gasteiger partial charge in [-0.25, -0.2) is 4.39 Å². The van der Waals surface area contributed by atoms with E-state index in [-0.39, 0.29) is 11.3 Å². The first-order valence-electron chi connectivity index (χ1n) is 6.01. The number of rotatable bonds is 2. The molecule has 5 heteroatoms. The number of benzene rings is 2. The van der Waals surface area contributed by atoms with Gasteiger partial charge in [0.2, 0.25) is 0 Å². The molecule has 0 saturated carbocycles. The smallest absolute Gasteiger partial charge is 0.196 e. The minimum absolute atomic E-state index is 0.0305. The zero-order chi connectivity index (χ0) is 14.3. The largest absolute Gasteiger partial charge is 0.493 e. The van der Waals surface area contributed by atoms with E-state index in [0.29, 0.717) is 21.7 Å². The van der Waals surface area contributed by atoms with Crippen molar-refractivity contribution in [1.29, 1.82) is 0 Å². The Morgan fingerprint density at radius 3 is 2.90 bits per heavy atom. The molecular weight excluding hydrogens is 347 g/mol. The number of ether oxygens (including phenoxy) is 1. The van der Waals surface area contributed by atoms with Crippen molar-refractivity contribution in [2.75, 3.05) is 6.61 Å². The zero-order valence-electron chi connectivity index (χ0n) is 10.3. The summed E-state index contributed by atoms with van der Waals surface area (Å²) in [4.78, 5) is 12.4. The predicted octanol–water partition coefficient (Wildman–Crippen LogP) is 4.41. The minimum atomic E-state index is -0.594. The Kier molecular flexibility index (Phi) is 3.52. The molecule has 1 aliphatic rings. The highest BCUT2D eigenvalue weighted by atomic mass is 79.9. The van der Waals surface area contributed by atoms with Gasteiger partial charge in [-0.05, 0) is 51.8 Å². The molecule has 1 heterocycles. The van der Waals surface area contributed by atoms with Crippen LogP contribution in [0.3, 0.4) is 0 Å². The van der Waals surface area contributed by atoms with Crippen LogP contribution in [0.2, 0.25) is 5.02 Å². The summed E-state index contributed by atoms with van der Waals surface area (Å²) in [5, 5.41) is 0.305. The normalized spacial score (nSPS) is 12.9. The lowest BCUT2D eigenvalue weighted by molar-refractivity contribution is 0.103. The van der Waals surface area contributed by atoms with E-state index in [1.807, 2.05) is 0 Å². The van der Waals surface area contributed by atoms with E-state index in [0.717, 1.165) is 17.7 Å². The quantitative estimate of drug-likeness (QED) is 0.589. The summed E-state index contributed by atoms with van der Waals surface area (Å²) in [5.41, 5.74) is 1.38. The van der Waals surface area contributed by atoms with E-state index in [1.54, 1.807) is 18.2 Å². The molecule has 2 aromatic carbocycles. The standard InChI is InChI=1S/C15H9BrClFO2/c16-11-7-13(18)10(6-12(11)17)15(19)9-1-2-14-8(5-9)3-4-20-14/h1-2,5-7H,3-4H2. The molecule has 0 radical (unpaired) electrons. The molecule has 0 bridgehead atoms. The maximum atomic E-state index is 13.9. The second-order valence-electron chi connectivity index (χ2n) is 4.50. The fourth-order valence-electron chi connectivity index (χ4n) is 2.18. The Morgan fingerprint density at radius 1 is 1.30 bits per heavy atom. The van der Waals surface area contributed by atoms with Crippen LogP contribution in [0, 0.1) is 5.82 Å². The number of carbonyl (C=O) groups is 1. The fraction of sp³-hybridized carbons (Fsp3) is 0.133. The van der Waals surface area contributed by atoms with E-state index in [1.165, 1.54) is 12.1 Å². The molecular formula is C15H9BrClFO2. The van der Waals surface area contributed by atoms with Crippen LogP contribution < -0.4 is 4.74 Å². The van der Waals surface area contributed by atoms with Gasteiger partial charge in [0.1, 0.15) is 11.6 Å². The number of carbonyl (C=O) groups excluding carboxylic acids is 1. The molecule has 0 aromatic heterocycles. The zero-order valence-corrected chi connectivity index (χ0v) is 12.6. The predicted molar refractivity (Wildman–Crippen MR) is 78.2 cm³/mol. The van der Waals surface area contributed by atoms with Crippen LogP contribution in [0.5, 0.6) is 5.75 Å². The monoisotopic (exact) mass is 354 g/mol. The van der Waals surface area contributed by atoms with Crippen molar-refractivity contribution < 1.29 is 13.9 Å². The van der Waals surface area contributed by atoms with Gasteiger partial charge in [-0.15, -0.1) is 0 Å². The third kappa shape index (κ3) is 2.34. The summed E-state index contributed by atoms with van der Waals surface area (Å²) in [7, 11) is 0. The van der Waals surface area contributed by atoms with Crippen molar-refractivity contribution in [2.45, 2.75) is 6.42 Å². The van der Waals surface area contributed by atoms with Crippen LogP contribution in [0.25, 0.3) is 0 Å². The van der Waals surface area contributed by atoms with Gasteiger partial charge in [0.15, 0.2) is 5.78 Å². The first kappa shape index (κ1) is 13.6. The van der Waals surface area contributed by atoms with Crippen molar-refractivity contribution in [3.8, 4) is 5.75 Å². The summed E-state index contributed by atoms with van der Waals surface area (Å²) in [6, 6.07) is 7.68. The van der Waals surface area contributed by atoms with Crippen LogP contribution in [-0.4, -0.2) is 12.4 Å². The summed E-state index contributed by atoms with van der Waals surface area (Å²) in [6.07, 6.45) is 0.764. The van der Waals surface area contributed by atoms with Crippen LogP contribution in [0.4, 0.5) is 4.39 Å².